The molecule has 4 rings (SSSR count). The summed E-state index contributed by atoms with van der Waals surface area (Å²) in [6.45, 7) is -0.205. The van der Waals surface area contributed by atoms with Gasteiger partial charge in [-0.2, -0.15) is 0 Å². The van der Waals surface area contributed by atoms with Gasteiger partial charge in [0, 0.05) is 41.8 Å². The van der Waals surface area contributed by atoms with Crippen molar-refractivity contribution in [2.75, 3.05) is 20.8 Å². The van der Waals surface area contributed by atoms with Crippen LogP contribution in [0.4, 0.5) is 5.69 Å². The molecule has 1 heterocycles. The fraction of sp³-hybridized carbons (Fsp3) is 0.160. The predicted octanol–water partition coefficient (Wildman–Crippen LogP) is 4.71. The minimum absolute atomic E-state index is 0.0373. The number of amides is 1. The van der Waals surface area contributed by atoms with Crippen LogP contribution in [-0.2, 0) is 4.79 Å². The van der Waals surface area contributed by atoms with E-state index in [-0.39, 0.29) is 24.2 Å². The fourth-order valence-electron chi connectivity index (χ4n) is 3.77. The third kappa shape index (κ3) is 4.64. The lowest BCUT2D eigenvalue weighted by atomic mass is 9.96. The molecule has 8 heteroatoms. The van der Waals surface area contributed by atoms with E-state index in [1.54, 1.807) is 19.1 Å². The largest absolute Gasteiger partial charge is 0.497 e. The van der Waals surface area contributed by atoms with Crippen LogP contribution in [0.5, 0.6) is 11.5 Å². The van der Waals surface area contributed by atoms with Crippen LogP contribution in [0.25, 0.3) is 10.9 Å². The first-order chi connectivity index (χ1) is 16.0. The summed E-state index contributed by atoms with van der Waals surface area (Å²) in [4.78, 5) is 28.4. The number of aromatic nitrogens is 1. The Morgan fingerprint density at radius 3 is 2.36 bits per heavy atom. The highest BCUT2D eigenvalue weighted by Crippen LogP contribution is 2.34. The first kappa shape index (κ1) is 21.9. The van der Waals surface area contributed by atoms with Crippen LogP contribution in [0, 0.1) is 10.1 Å². The normalized spacial score (nSPS) is 11.7. The molecule has 1 aromatic heterocycles. The number of nitro groups is 1. The molecule has 33 heavy (non-hydrogen) atoms. The first-order valence-electron chi connectivity index (χ1n) is 10.3. The average Bonchev–Trinajstić information content (AvgIpc) is 3.27. The molecule has 0 radical (unpaired) electrons. The van der Waals surface area contributed by atoms with Crippen molar-refractivity contribution >= 4 is 22.5 Å². The lowest BCUT2D eigenvalue weighted by molar-refractivity contribution is -0.384. The number of fused-ring (bicyclic) bond motifs is 1. The molecule has 0 spiro atoms. The summed E-state index contributed by atoms with van der Waals surface area (Å²) in [7, 11) is 3.34. The number of likely N-dealkylation sites (N-methyl/N-ethyl adjacent to an activating group) is 1. The monoisotopic (exact) mass is 445 g/mol. The molecule has 0 saturated carbocycles. The number of hydrogen-bond acceptors (Lipinski definition) is 5. The molecular weight excluding hydrogens is 422 g/mol. The topological polar surface area (TPSA) is 97.7 Å². The molecule has 1 amide bonds. The quantitative estimate of drug-likeness (QED) is 0.313. The zero-order valence-corrected chi connectivity index (χ0v) is 18.2. The molecule has 0 saturated heterocycles. The third-order valence-corrected chi connectivity index (χ3v) is 5.54. The summed E-state index contributed by atoms with van der Waals surface area (Å²) in [5.74, 6) is 0.877. The number of non-ortho nitro benzene ring substituents is 1. The van der Waals surface area contributed by atoms with E-state index in [4.69, 9.17) is 9.47 Å². The van der Waals surface area contributed by atoms with Crippen LogP contribution in [0.2, 0.25) is 0 Å². The molecular formula is C25H23N3O5. The minimum Gasteiger partial charge on any atom is -0.497 e. The maximum atomic E-state index is 13.1. The summed E-state index contributed by atoms with van der Waals surface area (Å²) in [6.07, 6.45) is 1.92. The summed E-state index contributed by atoms with van der Waals surface area (Å²) in [5.41, 5.74) is 2.83. The summed E-state index contributed by atoms with van der Waals surface area (Å²) in [6, 6.07) is 20.8. The Labute approximate surface area is 190 Å². The molecule has 0 aliphatic carbocycles. The van der Waals surface area contributed by atoms with Gasteiger partial charge in [0.2, 0.25) is 0 Å². The second kappa shape index (κ2) is 9.44. The van der Waals surface area contributed by atoms with Gasteiger partial charge in [0.1, 0.15) is 11.5 Å². The van der Waals surface area contributed by atoms with Gasteiger partial charge < -0.3 is 19.4 Å². The molecule has 4 aromatic rings. The van der Waals surface area contributed by atoms with E-state index in [0.29, 0.717) is 5.75 Å². The number of H-pyrrole nitrogens is 1. The van der Waals surface area contributed by atoms with Gasteiger partial charge in [-0.3, -0.25) is 14.9 Å². The van der Waals surface area contributed by atoms with Crippen molar-refractivity contribution in [3.8, 4) is 11.5 Å². The van der Waals surface area contributed by atoms with Crippen molar-refractivity contribution in [2.45, 2.75) is 6.04 Å². The van der Waals surface area contributed by atoms with Crippen LogP contribution in [-0.4, -0.2) is 41.5 Å². The van der Waals surface area contributed by atoms with Crippen molar-refractivity contribution in [1.82, 2.24) is 9.88 Å². The SMILES string of the molecule is COc1ccc(C(c2c[nH]c3ccccc23)N(C)C(=O)COc2ccc([N+](=O)[O-])cc2)cc1. The Bertz CT molecular complexity index is 1270. The maximum absolute atomic E-state index is 13.1. The predicted molar refractivity (Wildman–Crippen MR) is 124 cm³/mol. The molecule has 0 bridgehead atoms. The second-order valence-corrected chi connectivity index (χ2v) is 7.51. The van der Waals surface area contributed by atoms with Gasteiger partial charge in [-0.15, -0.1) is 0 Å². The van der Waals surface area contributed by atoms with E-state index in [1.165, 1.54) is 24.3 Å². The van der Waals surface area contributed by atoms with E-state index in [1.807, 2.05) is 54.7 Å². The molecule has 168 valence electrons. The van der Waals surface area contributed by atoms with Crippen molar-refractivity contribution < 1.29 is 19.2 Å². The number of para-hydroxylation sites is 1. The van der Waals surface area contributed by atoms with Gasteiger partial charge in [0.25, 0.3) is 11.6 Å². The van der Waals surface area contributed by atoms with Gasteiger partial charge >= 0.3 is 0 Å². The number of hydrogen-bond donors (Lipinski definition) is 1. The molecule has 1 atom stereocenters. The van der Waals surface area contributed by atoms with E-state index in [0.717, 1.165) is 27.8 Å². The number of carbonyl (C=O) groups excluding carboxylic acids is 1. The number of nitro benzene ring substituents is 1. The van der Waals surface area contributed by atoms with Crippen LogP contribution < -0.4 is 9.47 Å². The second-order valence-electron chi connectivity index (χ2n) is 7.51. The highest BCUT2D eigenvalue weighted by molar-refractivity contribution is 5.85. The number of nitrogens with one attached hydrogen (secondary N) is 1. The minimum atomic E-state index is -0.483. The van der Waals surface area contributed by atoms with E-state index in [2.05, 4.69) is 4.98 Å². The highest BCUT2D eigenvalue weighted by atomic mass is 16.6. The molecule has 3 aromatic carbocycles. The molecule has 0 fully saturated rings. The van der Waals surface area contributed by atoms with Gasteiger partial charge in [0.05, 0.1) is 18.1 Å². The van der Waals surface area contributed by atoms with Gasteiger partial charge in [-0.05, 0) is 35.9 Å². The smallest absolute Gasteiger partial charge is 0.269 e. The summed E-state index contributed by atoms with van der Waals surface area (Å²) in [5, 5.41) is 11.8. The fourth-order valence-corrected chi connectivity index (χ4v) is 3.77. The van der Waals surface area contributed by atoms with Crippen molar-refractivity contribution in [3.05, 3.63) is 100 Å². The molecule has 0 aliphatic heterocycles. The van der Waals surface area contributed by atoms with E-state index < -0.39 is 4.92 Å². The van der Waals surface area contributed by atoms with Gasteiger partial charge in [-0.25, -0.2) is 0 Å². The highest BCUT2D eigenvalue weighted by Gasteiger charge is 2.26. The summed E-state index contributed by atoms with van der Waals surface area (Å²) >= 11 is 0. The molecule has 8 nitrogen and oxygen atoms in total. The van der Waals surface area contributed by atoms with Gasteiger partial charge in [-0.1, -0.05) is 30.3 Å². The van der Waals surface area contributed by atoms with Crippen LogP contribution in [0.1, 0.15) is 17.2 Å². The van der Waals surface area contributed by atoms with E-state index in [9.17, 15) is 14.9 Å². The van der Waals surface area contributed by atoms with Crippen LogP contribution in [0.15, 0.2) is 79.0 Å². The van der Waals surface area contributed by atoms with Crippen LogP contribution in [0.3, 0.4) is 0 Å². The van der Waals surface area contributed by atoms with Crippen LogP contribution >= 0.6 is 0 Å². The number of nitrogens with zero attached hydrogens (tertiary/aromatic N) is 2. The Morgan fingerprint density at radius 1 is 1.03 bits per heavy atom. The molecule has 0 aliphatic rings. The Hall–Kier alpha value is -4.33. The number of ether oxygens (including phenoxy) is 2. The number of methoxy groups -OCH3 is 1. The lowest BCUT2D eigenvalue weighted by Gasteiger charge is -2.29. The number of aromatic amines is 1. The summed E-state index contributed by atoms with van der Waals surface area (Å²) < 4.78 is 10.9. The van der Waals surface area contributed by atoms with E-state index >= 15 is 0 Å². The van der Waals surface area contributed by atoms with Gasteiger partial charge in [0.15, 0.2) is 6.61 Å². The zero-order valence-electron chi connectivity index (χ0n) is 18.2. The number of carbonyl (C=O) groups is 1. The lowest BCUT2D eigenvalue weighted by Crippen LogP contribution is -2.35. The standard InChI is InChI=1S/C25H23N3O5/c1-27(24(29)16-33-20-13-9-18(10-14-20)28(30)31)25(17-7-11-19(32-2)12-8-17)22-15-26-23-6-4-3-5-21(22)23/h3-15,25-26H,16H2,1-2H3. The third-order valence-electron chi connectivity index (χ3n) is 5.54. The average molecular weight is 445 g/mol. The zero-order chi connectivity index (χ0) is 23.4. The number of rotatable bonds is 8. The Balaban J connectivity index is 1.60. The maximum Gasteiger partial charge on any atom is 0.269 e. The Kier molecular flexibility index (Phi) is 6.26. The molecule has 1 N–H and O–H groups in total. The number of benzene rings is 3. The first-order valence-corrected chi connectivity index (χ1v) is 10.3. The van der Waals surface area contributed by atoms with Crippen molar-refractivity contribution in [1.29, 1.82) is 0 Å². The van der Waals surface area contributed by atoms with Crippen molar-refractivity contribution in [3.63, 3.8) is 0 Å². The van der Waals surface area contributed by atoms with Crippen molar-refractivity contribution in [2.24, 2.45) is 0 Å². The molecule has 1 unspecified atom stereocenters. The Morgan fingerprint density at radius 2 is 1.70 bits per heavy atom.